The fraction of sp³-hybridized carbons (Fsp3) is 0.571. The second-order valence-corrected chi connectivity index (χ2v) is 13.5. The van der Waals surface area contributed by atoms with Crippen LogP contribution in [0.4, 0.5) is 13.2 Å². The molecule has 1 heterocycles. The predicted molar refractivity (Wildman–Crippen MR) is 149 cm³/mol. The molecule has 0 bridgehead atoms. The van der Waals surface area contributed by atoms with Gasteiger partial charge in [-0.2, -0.15) is 18.3 Å². The molecule has 224 valence electrons. The number of rotatable bonds is 8. The van der Waals surface area contributed by atoms with Gasteiger partial charge in [0.05, 0.1) is 45.4 Å². The van der Waals surface area contributed by atoms with Crippen molar-refractivity contribution in [3.05, 3.63) is 50.2 Å². The van der Waals surface area contributed by atoms with Crippen LogP contribution in [0.2, 0.25) is 15.1 Å². The number of ketones is 1. The van der Waals surface area contributed by atoms with Crippen LogP contribution in [0.15, 0.2) is 18.3 Å². The minimum Gasteiger partial charge on any atom is -0.481 e. The molecular formula is C28H31Cl3F3N3O4. The number of benzene rings is 1. The third-order valence-corrected chi connectivity index (χ3v) is 9.10. The van der Waals surface area contributed by atoms with E-state index in [1.54, 1.807) is 6.92 Å². The van der Waals surface area contributed by atoms with Crippen molar-refractivity contribution in [2.75, 3.05) is 13.1 Å². The van der Waals surface area contributed by atoms with Gasteiger partial charge in [0.25, 0.3) is 5.91 Å². The van der Waals surface area contributed by atoms with Gasteiger partial charge in [-0.05, 0) is 68.9 Å². The van der Waals surface area contributed by atoms with Crippen LogP contribution in [0.3, 0.4) is 0 Å². The summed E-state index contributed by atoms with van der Waals surface area (Å²) in [6.45, 7) is 5.21. The Bertz CT molecular complexity index is 1340. The Morgan fingerprint density at radius 2 is 1.63 bits per heavy atom. The molecule has 1 amide bonds. The van der Waals surface area contributed by atoms with Crippen LogP contribution in [0.5, 0.6) is 0 Å². The Balaban J connectivity index is 1.66. The van der Waals surface area contributed by atoms with Gasteiger partial charge in [-0.3, -0.25) is 19.1 Å². The van der Waals surface area contributed by atoms with Crippen molar-refractivity contribution in [1.29, 1.82) is 0 Å². The maximum Gasteiger partial charge on any atom is 0.433 e. The lowest BCUT2D eigenvalue weighted by Gasteiger charge is -2.44. The topological polar surface area (TPSA) is 92.5 Å². The number of aliphatic carboxylic acids is 1. The molecule has 7 nitrogen and oxygen atoms in total. The van der Waals surface area contributed by atoms with Gasteiger partial charge in [0, 0.05) is 11.6 Å². The first-order valence-electron chi connectivity index (χ1n) is 13.3. The summed E-state index contributed by atoms with van der Waals surface area (Å²) in [5.74, 6) is -2.61. The first-order chi connectivity index (χ1) is 18.9. The molecule has 0 spiro atoms. The van der Waals surface area contributed by atoms with Gasteiger partial charge in [-0.1, -0.05) is 48.7 Å². The summed E-state index contributed by atoms with van der Waals surface area (Å²) >= 11 is 18.4. The zero-order valence-electron chi connectivity index (χ0n) is 22.8. The van der Waals surface area contributed by atoms with E-state index in [9.17, 15) is 32.7 Å². The van der Waals surface area contributed by atoms with Crippen molar-refractivity contribution >= 4 is 52.5 Å². The van der Waals surface area contributed by atoms with Crippen LogP contribution in [0, 0.1) is 16.7 Å². The summed E-state index contributed by atoms with van der Waals surface area (Å²) in [5.41, 5.74) is -2.94. The van der Waals surface area contributed by atoms with Gasteiger partial charge < -0.3 is 10.0 Å². The zero-order chi connectivity index (χ0) is 30.5. The van der Waals surface area contributed by atoms with Crippen molar-refractivity contribution in [2.45, 2.75) is 71.5 Å². The highest BCUT2D eigenvalue weighted by atomic mass is 35.5. The largest absolute Gasteiger partial charge is 0.481 e. The fourth-order valence-corrected chi connectivity index (χ4v) is 7.20. The second kappa shape index (κ2) is 11.4. The maximum absolute atomic E-state index is 14.5. The highest BCUT2D eigenvalue weighted by molar-refractivity contribution is 6.42. The molecule has 2 aliphatic rings. The lowest BCUT2D eigenvalue weighted by Crippen LogP contribution is -2.45. The van der Waals surface area contributed by atoms with Crippen molar-refractivity contribution < 1.29 is 32.7 Å². The van der Waals surface area contributed by atoms with E-state index in [0.29, 0.717) is 0 Å². The van der Waals surface area contributed by atoms with E-state index in [0.717, 1.165) is 28.6 Å². The van der Waals surface area contributed by atoms with Gasteiger partial charge >= 0.3 is 12.1 Å². The van der Waals surface area contributed by atoms with E-state index in [1.165, 1.54) is 12.1 Å². The van der Waals surface area contributed by atoms with Crippen LogP contribution in [-0.2, 0) is 11.0 Å². The Morgan fingerprint density at radius 1 is 1.07 bits per heavy atom. The van der Waals surface area contributed by atoms with Gasteiger partial charge in [0.2, 0.25) is 0 Å². The van der Waals surface area contributed by atoms with E-state index >= 15 is 0 Å². The quantitative estimate of drug-likeness (QED) is 0.298. The molecule has 41 heavy (non-hydrogen) atoms. The summed E-state index contributed by atoms with van der Waals surface area (Å²) in [6.07, 6.45) is -1.89. The van der Waals surface area contributed by atoms with Crippen LogP contribution in [-0.4, -0.2) is 50.5 Å². The maximum atomic E-state index is 14.5. The summed E-state index contributed by atoms with van der Waals surface area (Å²) in [5, 5.41) is 13.6. The number of alkyl halides is 3. The fourth-order valence-electron chi connectivity index (χ4n) is 6.17. The number of amides is 1. The van der Waals surface area contributed by atoms with E-state index in [4.69, 9.17) is 34.8 Å². The molecule has 0 radical (unpaired) electrons. The molecular weight excluding hydrogens is 606 g/mol. The Kier molecular flexibility index (Phi) is 8.81. The molecule has 0 saturated heterocycles. The first-order valence-corrected chi connectivity index (χ1v) is 14.4. The molecule has 0 aliphatic heterocycles. The number of carboxylic acids is 1. The van der Waals surface area contributed by atoms with Gasteiger partial charge in [0.1, 0.15) is 0 Å². The van der Waals surface area contributed by atoms with Crippen LogP contribution >= 0.6 is 34.8 Å². The molecule has 2 saturated carbocycles. The number of halogens is 6. The number of carbonyl (C=O) groups excluding carboxylic acids is 2. The highest BCUT2D eigenvalue weighted by Gasteiger charge is 2.46. The Labute approximate surface area is 250 Å². The van der Waals surface area contributed by atoms with Crippen LogP contribution in [0.25, 0.3) is 0 Å². The average molecular weight is 637 g/mol. The van der Waals surface area contributed by atoms with Gasteiger partial charge in [-0.25, -0.2) is 0 Å². The number of carbonyl (C=O) groups is 3. The predicted octanol–water partition coefficient (Wildman–Crippen LogP) is 7.83. The zero-order valence-corrected chi connectivity index (χ0v) is 25.1. The second-order valence-electron chi connectivity index (χ2n) is 12.2. The van der Waals surface area contributed by atoms with Crippen molar-refractivity contribution in [3.8, 4) is 0 Å². The molecule has 1 N–H and O–H groups in total. The van der Waals surface area contributed by atoms with Gasteiger partial charge in [-0.15, -0.1) is 0 Å². The number of aromatic nitrogens is 2. The van der Waals surface area contributed by atoms with Gasteiger partial charge in [0.15, 0.2) is 11.5 Å². The van der Waals surface area contributed by atoms with E-state index in [-0.39, 0.29) is 64.2 Å². The molecule has 2 aromatic rings. The third-order valence-electron chi connectivity index (χ3n) is 8.28. The Hall–Kier alpha value is -2.30. The molecule has 2 aliphatic carbocycles. The minimum atomic E-state index is -4.92. The number of hydrogen-bond donors (Lipinski definition) is 1. The van der Waals surface area contributed by atoms with Crippen molar-refractivity contribution in [2.24, 2.45) is 16.7 Å². The lowest BCUT2D eigenvalue weighted by atomic mass is 9.64. The molecule has 0 unspecified atom stereocenters. The summed E-state index contributed by atoms with van der Waals surface area (Å²) in [7, 11) is 0. The standard InChI is InChI=1S/C28H31Cl3F3N3O4/c1-26(2)10-15(11-26)13-36(14-21(38)22-19(30)8-16(29)9-20(22)31)24(39)18-12-35-37(23(18)28(32,33)34)17-4-6-27(3,7-5-17)25(40)41/h8-9,12,15,17H,4-7,10-11,13-14H2,1-3H3,(H,40,41)/t17-,27-. The van der Waals surface area contributed by atoms with E-state index < -0.39 is 53.1 Å². The number of nitrogens with zero attached hydrogens (tertiary/aromatic N) is 3. The van der Waals surface area contributed by atoms with Crippen LogP contribution < -0.4 is 0 Å². The summed E-state index contributed by atoms with van der Waals surface area (Å²) in [4.78, 5) is 39.8. The molecule has 4 rings (SSSR count). The number of carboxylic acid groups (broad SMARTS) is 1. The molecule has 2 fully saturated rings. The minimum absolute atomic E-state index is 0.00525. The molecule has 1 aromatic carbocycles. The first kappa shape index (κ1) is 31.6. The summed E-state index contributed by atoms with van der Waals surface area (Å²) in [6, 6.07) is 1.93. The number of Topliss-reactive ketones (excluding diaryl/α,β-unsaturated/α-hetero) is 1. The highest BCUT2D eigenvalue weighted by Crippen LogP contribution is 2.46. The smallest absolute Gasteiger partial charge is 0.433 e. The van der Waals surface area contributed by atoms with Crippen LogP contribution in [0.1, 0.15) is 91.7 Å². The van der Waals surface area contributed by atoms with Crippen molar-refractivity contribution in [3.63, 3.8) is 0 Å². The molecule has 1 aromatic heterocycles. The van der Waals surface area contributed by atoms with E-state index in [2.05, 4.69) is 18.9 Å². The van der Waals surface area contributed by atoms with E-state index in [1.807, 2.05) is 0 Å². The normalized spacial score (nSPS) is 22.7. The Morgan fingerprint density at radius 3 is 2.12 bits per heavy atom. The molecule has 13 heteroatoms. The average Bonchev–Trinajstić information content (AvgIpc) is 3.27. The lowest BCUT2D eigenvalue weighted by molar-refractivity contribution is -0.152. The third kappa shape index (κ3) is 6.70. The van der Waals surface area contributed by atoms with Crippen molar-refractivity contribution in [1.82, 2.24) is 14.7 Å². The summed E-state index contributed by atoms with van der Waals surface area (Å²) < 4.78 is 44.2. The number of hydrogen-bond acceptors (Lipinski definition) is 4. The SMILES string of the molecule is CC1(C)CC(CN(CC(=O)c2c(Cl)cc(Cl)cc2Cl)C(=O)c2cnn([C@H]3CC[C@](C)(C(=O)O)CC3)c2C(F)(F)F)C1. The molecule has 0 atom stereocenters. The monoisotopic (exact) mass is 635 g/mol.